The van der Waals surface area contributed by atoms with Crippen molar-refractivity contribution in [3.8, 4) is 28.4 Å². The smallest absolute Gasteiger partial charge is 0.417 e. The van der Waals surface area contributed by atoms with Crippen molar-refractivity contribution in [2.24, 2.45) is 0 Å². The van der Waals surface area contributed by atoms with Gasteiger partial charge in [0.1, 0.15) is 6.10 Å². The Morgan fingerprint density at radius 1 is 1.00 bits per heavy atom. The fourth-order valence-electron chi connectivity index (χ4n) is 4.62. The van der Waals surface area contributed by atoms with Crippen LogP contribution < -0.4 is 4.74 Å². The molecule has 3 atom stereocenters. The molecule has 0 amide bonds. The zero-order valence-electron chi connectivity index (χ0n) is 18.2. The molecule has 0 radical (unpaired) electrons. The minimum Gasteiger partial charge on any atom is -0.456 e. The summed E-state index contributed by atoms with van der Waals surface area (Å²) >= 11 is 6.49. The Kier molecular flexibility index (Phi) is 5.43. The van der Waals surface area contributed by atoms with E-state index in [9.17, 15) is 13.2 Å². The first-order valence-corrected chi connectivity index (χ1v) is 11.5. The van der Waals surface area contributed by atoms with Crippen molar-refractivity contribution in [2.75, 3.05) is 13.2 Å². The number of alkyl halides is 3. The van der Waals surface area contributed by atoms with Crippen LogP contribution in [0.1, 0.15) is 12.0 Å². The van der Waals surface area contributed by atoms with Crippen LogP contribution >= 0.6 is 11.6 Å². The van der Waals surface area contributed by atoms with Gasteiger partial charge >= 0.3 is 6.18 Å². The number of fused-ring (bicyclic) bond motifs is 2. The molecule has 1 unspecified atom stereocenters. The summed E-state index contributed by atoms with van der Waals surface area (Å²) in [6, 6.07) is 14.1. The summed E-state index contributed by atoms with van der Waals surface area (Å²) in [5.74, 6) is 0. The molecule has 0 aliphatic carbocycles. The number of hydrogen-bond donors (Lipinski definition) is 1. The van der Waals surface area contributed by atoms with Gasteiger partial charge in [0.05, 0.1) is 34.5 Å². The van der Waals surface area contributed by atoms with E-state index in [0.29, 0.717) is 52.2 Å². The predicted octanol–water partition coefficient (Wildman–Crippen LogP) is 5.90. The number of nitrogens with one attached hydrogen (secondary N) is 1. The summed E-state index contributed by atoms with van der Waals surface area (Å²) in [7, 11) is 0. The number of halogens is 4. The van der Waals surface area contributed by atoms with E-state index in [4.69, 9.17) is 25.8 Å². The molecule has 0 saturated carbocycles. The van der Waals surface area contributed by atoms with Crippen molar-refractivity contribution in [2.45, 2.75) is 30.9 Å². The molecule has 180 valence electrons. The Hall–Kier alpha value is -3.14. The van der Waals surface area contributed by atoms with Gasteiger partial charge in [-0.25, -0.2) is 4.98 Å². The third-order valence-corrected chi connectivity index (χ3v) is 6.58. The first-order chi connectivity index (χ1) is 16.9. The zero-order chi connectivity index (χ0) is 24.2. The fraction of sp³-hybridized carbons (Fsp3) is 0.280. The number of imidazole rings is 1. The Bertz CT molecular complexity index is 1390. The molecule has 0 spiro atoms. The highest BCUT2D eigenvalue weighted by Gasteiger charge is 2.43. The minimum absolute atomic E-state index is 0.0506. The average molecular weight is 502 g/mol. The number of aromatic amines is 1. The van der Waals surface area contributed by atoms with Crippen LogP contribution in [0.3, 0.4) is 0 Å². The predicted molar refractivity (Wildman–Crippen MR) is 123 cm³/mol. The minimum atomic E-state index is -4.44. The molecular weight excluding hydrogens is 483 g/mol. The molecule has 0 bridgehead atoms. The van der Waals surface area contributed by atoms with Crippen molar-refractivity contribution in [1.82, 2.24) is 15.0 Å². The van der Waals surface area contributed by atoms with E-state index in [2.05, 4.69) is 15.0 Å². The largest absolute Gasteiger partial charge is 0.456 e. The van der Waals surface area contributed by atoms with Crippen LogP contribution in [0.15, 0.2) is 54.6 Å². The quantitative estimate of drug-likeness (QED) is 0.377. The van der Waals surface area contributed by atoms with Crippen LogP contribution in [-0.2, 0) is 15.7 Å². The van der Waals surface area contributed by atoms with Crippen LogP contribution in [0.5, 0.6) is 6.01 Å². The van der Waals surface area contributed by atoms with E-state index >= 15 is 0 Å². The number of rotatable bonds is 4. The van der Waals surface area contributed by atoms with E-state index in [1.807, 2.05) is 0 Å². The topological polar surface area (TPSA) is 69.3 Å². The Morgan fingerprint density at radius 3 is 2.57 bits per heavy atom. The monoisotopic (exact) mass is 501 g/mol. The molecule has 4 aromatic rings. The Morgan fingerprint density at radius 2 is 1.77 bits per heavy atom. The molecule has 2 saturated heterocycles. The zero-order valence-corrected chi connectivity index (χ0v) is 18.9. The lowest BCUT2D eigenvalue weighted by Crippen LogP contribution is -2.32. The van der Waals surface area contributed by atoms with Crippen molar-refractivity contribution in [3.05, 3.63) is 65.2 Å². The average Bonchev–Trinajstić information content (AvgIpc) is 3.55. The van der Waals surface area contributed by atoms with E-state index in [0.717, 1.165) is 12.5 Å². The number of nitrogens with zero attached hydrogens (tertiary/aromatic N) is 2. The van der Waals surface area contributed by atoms with E-state index < -0.39 is 11.7 Å². The van der Waals surface area contributed by atoms with Crippen molar-refractivity contribution in [3.63, 3.8) is 0 Å². The lowest BCUT2D eigenvalue weighted by atomic mass is 9.98. The third-order valence-electron chi connectivity index (χ3n) is 6.29. The lowest BCUT2D eigenvalue weighted by Gasteiger charge is -2.15. The normalized spacial score (nSPS) is 22.0. The number of H-pyrrole nitrogens is 1. The fourth-order valence-corrected chi connectivity index (χ4v) is 4.88. The highest BCUT2D eigenvalue weighted by atomic mass is 35.5. The summed E-state index contributed by atoms with van der Waals surface area (Å²) in [6.07, 6.45) is -3.91. The van der Waals surface area contributed by atoms with Gasteiger partial charge in [0.2, 0.25) is 0 Å². The summed E-state index contributed by atoms with van der Waals surface area (Å²) < 4.78 is 57.6. The van der Waals surface area contributed by atoms with Gasteiger partial charge in [-0.3, -0.25) is 0 Å². The molecule has 2 aromatic carbocycles. The molecule has 4 heterocycles. The third kappa shape index (κ3) is 4.13. The second kappa shape index (κ2) is 8.51. The standard InChI is InChI=1S/C25H19ClF3N3O3/c26-17-11-18-23(32-24(30-18)35-20-12-34-19-9-10-33-22(19)20)31-21(17)14-7-5-13(6-8-14)15-3-1-2-4-16(15)25(27,28)29/h1-8,11,19-20,22H,9-10,12H2,(H,30,31,32)/t19-,20?,22+/m1/s1. The molecule has 35 heavy (non-hydrogen) atoms. The van der Waals surface area contributed by atoms with Crippen LogP contribution in [0.2, 0.25) is 5.02 Å². The van der Waals surface area contributed by atoms with Gasteiger partial charge in [-0.2, -0.15) is 18.2 Å². The molecule has 2 aliphatic heterocycles. The summed E-state index contributed by atoms with van der Waals surface area (Å²) in [6.45, 7) is 1.08. The molecule has 2 aliphatic rings. The van der Waals surface area contributed by atoms with Gasteiger partial charge in [-0.1, -0.05) is 54.1 Å². The molecule has 6 nitrogen and oxygen atoms in total. The lowest BCUT2D eigenvalue weighted by molar-refractivity contribution is -0.137. The Balaban J connectivity index is 1.28. The number of pyridine rings is 1. The van der Waals surface area contributed by atoms with Crippen molar-refractivity contribution >= 4 is 22.8 Å². The molecule has 10 heteroatoms. The van der Waals surface area contributed by atoms with Crippen LogP contribution in [-0.4, -0.2) is 46.5 Å². The van der Waals surface area contributed by atoms with Gasteiger partial charge in [-0.15, -0.1) is 0 Å². The molecule has 1 N–H and O–H groups in total. The van der Waals surface area contributed by atoms with Gasteiger partial charge in [0.25, 0.3) is 6.01 Å². The van der Waals surface area contributed by atoms with Crippen LogP contribution in [0, 0.1) is 0 Å². The van der Waals surface area contributed by atoms with Gasteiger partial charge in [0, 0.05) is 12.2 Å². The van der Waals surface area contributed by atoms with Gasteiger partial charge in [0.15, 0.2) is 11.8 Å². The van der Waals surface area contributed by atoms with E-state index in [1.165, 1.54) is 12.1 Å². The van der Waals surface area contributed by atoms with Crippen LogP contribution in [0.25, 0.3) is 33.5 Å². The molecule has 2 fully saturated rings. The maximum Gasteiger partial charge on any atom is 0.417 e. The number of ether oxygens (including phenoxy) is 3. The van der Waals surface area contributed by atoms with Gasteiger partial charge in [-0.05, 0) is 29.7 Å². The first-order valence-electron chi connectivity index (χ1n) is 11.1. The Labute approximate surface area is 203 Å². The van der Waals surface area contributed by atoms with Gasteiger partial charge < -0.3 is 19.2 Å². The molecule has 2 aromatic heterocycles. The van der Waals surface area contributed by atoms with E-state index in [1.54, 1.807) is 36.4 Å². The first kappa shape index (κ1) is 22.3. The number of aromatic nitrogens is 3. The highest BCUT2D eigenvalue weighted by Crippen LogP contribution is 2.38. The van der Waals surface area contributed by atoms with Crippen molar-refractivity contribution < 1.29 is 27.4 Å². The maximum atomic E-state index is 13.4. The van der Waals surface area contributed by atoms with E-state index in [-0.39, 0.29) is 23.9 Å². The number of hydrogen-bond acceptors (Lipinski definition) is 5. The highest BCUT2D eigenvalue weighted by molar-refractivity contribution is 6.33. The second-order valence-corrected chi connectivity index (χ2v) is 8.91. The summed E-state index contributed by atoms with van der Waals surface area (Å²) in [4.78, 5) is 12.1. The number of benzene rings is 2. The molecular formula is C25H19ClF3N3O3. The van der Waals surface area contributed by atoms with Crippen molar-refractivity contribution in [1.29, 1.82) is 0 Å². The maximum absolute atomic E-state index is 13.4. The molecule has 6 rings (SSSR count). The SMILES string of the molecule is FC(F)(F)c1ccccc1-c1ccc(-c2nc3nc(OC4CO[C@@H]5CCO[C@H]45)[nH]c3cc2Cl)cc1. The second-order valence-electron chi connectivity index (χ2n) is 8.50. The van der Waals surface area contributed by atoms with Crippen LogP contribution in [0.4, 0.5) is 13.2 Å². The summed E-state index contributed by atoms with van der Waals surface area (Å²) in [5.41, 5.74) is 2.01. The summed E-state index contributed by atoms with van der Waals surface area (Å²) in [5, 5.41) is 0.375.